The van der Waals surface area contributed by atoms with Gasteiger partial charge in [-0.15, -0.1) is 10.2 Å². The number of halogens is 1. The highest BCUT2D eigenvalue weighted by Crippen LogP contribution is 2.28. The van der Waals surface area contributed by atoms with E-state index in [0.29, 0.717) is 23.2 Å². The molecule has 0 saturated carbocycles. The van der Waals surface area contributed by atoms with E-state index in [1.165, 1.54) is 0 Å². The van der Waals surface area contributed by atoms with Crippen molar-refractivity contribution in [2.75, 3.05) is 0 Å². The monoisotopic (exact) mass is 376 g/mol. The number of nitrogens with one attached hydrogen (secondary N) is 1. The van der Waals surface area contributed by atoms with Crippen molar-refractivity contribution < 1.29 is 0 Å². The second-order valence-corrected chi connectivity index (χ2v) is 6.37. The summed E-state index contributed by atoms with van der Waals surface area (Å²) in [6, 6.07) is 15.4. The molecule has 0 atom stereocenters. The van der Waals surface area contributed by atoms with Gasteiger partial charge < -0.3 is 0 Å². The molecular formula is C18H13ClN8. The van der Waals surface area contributed by atoms with E-state index in [-0.39, 0.29) is 0 Å². The summed E-state index contributed by atoms with van der Waals surface area (Å²) in [4.78, 5) is 1.56. The highest BCUT2D eigenvalue weighted by Gasteiger charge is 2.20. The lowest BCUT2D eigenvalue weighted by Crippen LogP contribution is -2.10. The lowest BCUT2D eigenvalue weighted by Gasteiger charge is -2.09. The SMILES string of the molecule is Clc1ccc(-n2c(Cn3nccn3)nnc2-c2n[nH]c3ccccc23)cc1. The predicted molar refractivity (Wildman–Crippen MR) is 101 cm³/mol. The maximum absolute atomic E-state index is 6.06. The van der Waals surface area contributed by atoms with Crippen LogP contribution in [0.4, 0.5) is 0 Å². The van der Waals surface area contributed by atoms with Gasteiger partial charge in [0.05, 0.1) is 17.9 Å². The minimum Gasteiger partial charge on any atom is -0.277 e. The zero-order valence-electron chi connectivity index (χ0n) is 14.0. The van der Waals surface area contributed by atoms with Crippen molar-refractivity contribution in [3.8, 4) is 17.2 Å². The number of nitrogens with zero attached hydrogens (tertiary/aromatic N) is 7. The Kier molecular flexibility index (Phi) is 3.68. The quantitative estimate of drug-likeness (QED) is 0.520. The first-order valence-electron chi connectivity index (χ1n) is 8.27. The molecule has 9 heteroatoms. The number of H-pyrrole nitrogens is 1. The Bertz CT molecular complexity index is 1200. The number of hydrogen-bond acceptors (Lipinski definition) is 5. The molecule has 0 bridgehead atoms. The van der Waals surface area contributed by atoms with E-state index in [9.17, 15) is 0 Å². The molecule has 0 fully saturated rings. The average Bonchev–Trinajstić information content (AvgIpc) is 3.42. The normalized spacial score (nSPS) is 11.3. The van der Waals surface area contributed by atoms with Crippen molar-refractivity contribution in [2.24, 2.45) is 0 Å². The van der Waals surface area contributed by atoms with Gasteiger partial charge in [0.15, 0.2) is 11.6 Å². The van der Waals surface area contributed by atoms with Gasteiger partial charge >= 0.3 is 0 Å². The fourth-order valence-electron chi connectivity index (χ4n) is 3.02. The maximum atomic E-state index is 6.06. The molecule has 8 nitrogen and oxygen atoms in total. The Morgan fingerprint density at radius 3 is 2.52 bits per heavy atom. The van der Waals surface area contributed by atoms with Crippen molar-refractivity contribution >= 4 is 22.5 Å². The van der Waals surface area contributed by atoms with Crippen molar-refractivity contribution in [2.45, 2.75) is 6.54 Å². The van der Waals surface area contributed by atoms with Crippen molar-refractivity contribution in [3.05, 3.63) is 71.8 Å². The molecule has 2 aromatic carbocycles. The molecule has 3 aromatic heterocycles. The average molecular weight is 377 g/mol. The number of rotatable bonds is 4. The minimum absolute atomic E-state index is 0.380. The molecule has 27 heavy (non-hydrogen) atoms. The number of fused-ring (bicyclic) bond motifs is 1. The third kappa shape index (κ3) is 2.76. The van der Waals surface area contributed by atoms with E-state index in [0.717, 1.165) is 22.3 Å². The second kappa shape index (κ2) is 6.33. The maximum Gasteiger partial charge on any atom is 0.189 e. The third-order valence-electron chi connectivity index (χ3n) is 4.25. The summed E-state index contributed by atoms with van der Waals surface area (Å²) in [5, 5.41) is 26.3. The lowest BCUT2D eigenvalue weighted by molar-refractivity contribution is 0.564. The summed E-state index contributed by atoms with van der Waals surface area (Å²) in [5.41, 5.74) is 2.55. The van der Waals surface area contributed by atoms with Gasteiger partial charge in [-0.25, -0.2) is 0 Å². The van der Waals surface area contributed by atoms with Gasteiger partial charge in [-0.3, -0.25) is 9.67 Å². The Morgan fingerprint density at radius 2 is 1.70 bits per heavy atom. The predicted octanol–water partition coefficient (Wildman–Crippen LogP) is 3.10. The van der Waals surface area contributed by atoms with E-state index in [4.69, 9.17) is 11.6 Å². The lowest BCUT2D eigenvalue weighted by atomic mass is 10.2. The van der Waals surface area contributed by atoms with Crippen LogP contribution in [0.1, 0.15) is 5.82 Å². The minimum atomic E-state index is 0.380. The summed E-state index contributed by atoms with van der Waals surface area (Å²) in [6.45, 7) is 0.380. The van der Waals surface area contributed by atoms with Gasteiger partial charge in [0.1, 0.15) is 12.2 Å². The second-order valence-electron chi connectivity index (χ2n) is 5.93. The van der Waals surface area contributed by atoms with E-state index in [2.05, 4.69) is 30.6 Å². The molecule has 5 rings (SSSR count). The summed E-state index contributed by atoms with van der Waals surface area (Å²) in [5.74, 6) is 1.33. The van der Waals surface area contributed by atoms with Crippen LogP contribution in [-0.4, -0.2) is 40.0 Å². The Balaban J connectivity index is 1.71. The number of para-hydroxylation sites is 1. The van der Waals surface area contributed by atoms with E-state index < -0.39 is 0 Å². The Labute approximate surface area is 158 Å². The number of aromatic amines is 1. The van der Waals surface area contributed by atoms with E-state index in [1.807, 2.05) is 53.1 Å². The van der Waals surface area contributed by atoms with Crippen LogP contribution in [0, 0.1) is 0 Å². The molecule has 0 saturated heterocycles. The molecule has 0 aliphatic carbocycles. The molecule has 0 aliphatic heterocycles. The van der Waals surface area contributed by atoms with Crippen LogP contribution in [-0.2, 0) is 6.54 Å². The zero-order valence-corrected chi connectivity index (χ0v) is 14.7. The molecule has 132 valence electrons. The summed E-state index contributed by atoms with van der Waals surface area (Å²) in [7, 11) is 0. The first-order valence-corrected chi connectivity index (χ1v) is 8.65. The fraction of sp³-hybridized carbons (Fsp3) is 0.0556. The van der Waals surface area contributed by atoms with Crippen LogP contribution >= 0.6 is 11.6 Å². The van der Waals surface area contributed by atoms with Gasteiger partial charge in [-0.05, 0) is 30.3 Å². The molecule has 5 aromatic rings. The molecule has 0 radical (unpaired) electrons. The zero-order chi connectivity index (χ0) is 18.2. The first kappa shape index (κ1) is 15.7. The first-order chi connectivity index (χ1) is 13.3. The molecule has 1 N–H and O–H groups in total. The topological polar surface area (TPSA) is 90.1 Å². The number of benzene rings is 2. The van der Waals surface area contributed by atoms with Gasteiger partial charge in [0.25, 0.3) is 0 Å². The highest BCUT2D eigenvalue weighted by atomic mass is 35.5. The van der Waals surface area contributed by atoms with Gasteiger partial charge in [-0.1, -0.05) is 29.8 Å². The van der Waals surface area contributed by atoms with Gasteiger partial charge in [0, 0.05) is 16.1 Å². The number of hydrogen-bond donors (Lipinski definition) is 1. The smallest absolute Gasteiger partial charge is 0.189 e. The van der Waals surface area contributed by atoms with Crippen molar-refractivity contribution in [1.29, 1.82) is 0 Å². The summed E-state index contributed by atoms with van der Waals surface area (Å²) < 4.78 is 1.95. The van der Waals surface area contributed by atoms with Crippen molar-refractivity contribution in [1.82, 2.24) is 40.0 Å². The van der Waals surface area contributed by atoms with Crippen LogP contribution in [0.5, 0.6) is 0 Å². The largest absolute Gasteiger partial charge is 0.277 e. The fourth-order valence-corrected chi connectivity index (χ4v) is 3.15. The summed E-state index contributed by atoms with van der Waals surface area (Å²) >= 11 is 6.06. The highest BCUT2D eigenvalue weighted by molar-refractivity contribution is 6.30. The van der Waals surface area contributed by atoms with E-state index >= 15 is 0 Å². The Hall–Kier alpha value is -3.52. The van der Waals surface area contributed by atoms with Crippen LogP contribution in [0.2, 0.25) is 5.02 Å². The number of aromatic nitrogens is 8. The molecule has 0 amide bonds. The molecular weight excluding hydrogens is 364 g/mol. The van der Waals surface area contributed by atoms with Gasteiger partial charge in [-0.2, -0.15) is 20.1 Å². The van der Waals surface area contributed by atoms with Crippen LogP contribution in [0.25, 0.3) is 28.1 Å². The summed E-state index contributed by atoms with van der Waals surface area (Å²) in [6.07, 6.45) is 3.26. The van der Waals surface area contributed by atoms with Crippen LogP contribution in [0.3, 0.4) is 0 Å². The van der Waals surface area contributed by atoms with Crippen LogP contribution in [0.15, 0.2) is 60.9 Å². The third-order valence-corrected chi connectivity index (χ3v) is 4.50. The van der Waals surface area contributed by atoms with Gasteiger partial charge in [0.2, 0.25) is 0 Å². The van der Waals surface area contributed by atoms with E-state index in [1.54, 1.807) is 17.2 Å². The Morgan fingerprint density at radius 1 is 0.926 bits per heavy atom. The molecule has 0 spiro atoms. The molecule has 0 aliphatic rings. The molecule has 0 unspecified atom stereocenters. The van der Waals surface area contributed by atoms with Crippen molar-refractivity contribution in [3.63, 3.8) is 0 Å². The standard InChI is InChI=1S/C18H13ClN8/c19-12-5-7-13(8-6-12)27-16(11-26-20-9-10-21-26)23-25-18(27)17-14-3-1-2-4-15(14)22-24-17/h1-10H,11H2,(H,22,24). The molecule has 3 heterocycles. The van der Waals surface area contributed by atoms with Crippen LogP contribution < -0.4 is 0 Å².